The largest absolute Gasteiger partial charge is 0.486 e. The van der Waals surface area contributed by atoms with Gasteiger partial charge in [0, 0.05) is 19.5 Å². The average Bonchev–Trinajstić information content (AvgIpc) is 2.68. The maximum Gasteiger partial charge on any atom is 0.322 e. The van der Waals surface area contributed by atoms with Gasteiger partial charge in [-0.05, 0) is 37.8 Å². The summed E-state index contributed by atoms with van der Waals surface area (Å²) >= 11 is 5.99. The van der Waals surface area contributed by atoms with E-state index >= 15 is 0 Å². The van der Waals surface area contributed by atoms with Gasteiger partial charge in [-0.1, -0.05) is 30.9 Å². The minimum Gasteiger partial charge on any atom is -0.486 e. The summed E-state index contributed by atoms with van der Waals surface area (Å²) in [5.74, 6) is -0.0246. The molecule has 0 aliphatic carbocycles. The number of nitro groups is 1. The summed E-state index contributed by atoms with van der Waals surface area (Å²) in [5.41, 5.74) is 2.47. The van der Waals surface area contributed by atoms with Gasteiger partial charge >= 0.3 is 5.69 Å². The summed E-state index contributed by atoms with van der Waals surface area (Å²) in [6.45, 7) is 2.09. The number of ether oxygens (including phenoxy) is 1. The third-order valence-corrected chi connectivity index (χ3v) is 4.91. The molecule has 1 saturated heterocycles. The zero-order valence-corrected chi connectivity index (χ0v) is 16.6. The minimum absolute atomic E-state index is 0.0474. The smallest absolute Gasteiger partial charge is 0.322 e. The zero-order valence-electron chi connectivity index (χ0n) is 15.8. The maximum atomic E-state index is 11.9. The molecule has 0 aromatic heterocycles. The number of hydrazine groups is 1. The van der Waals surface area contributed by atoms with Crippen LogP contribution in [0.1, 0.15) is 61.7 Å². The number of carbonyl (C=O) groups is 2. The van der Waals surface area contributed by atoms with Crippen LogP contribution in [-0.2, 0) is 4.79 Å². The van der Waals surface area contributed by atoms with Crippen molar-refractivity contribution >= 4 is 29.5 Å². The number of piperidine rings is 1. The Hall–Kier alpha value is -2.19. The topological polar surface area (TPSA) is 102 Å². The average molecular weight is 412 g/mol. The molecule has 9 heteroatoms. The first-order valence-corrected chi connectivity index (χ1v) is 10.00. The number of hydrogen-bond donors (Lipinski definition) is 1. The Bertz CT molecular complexity index is 692. The highest BCUT2D eigenvalue weighted by Gasteiger charge is 2.24. The molecule has 1 fully saturated rings. The molecule has 0 spiro atoms. The van der Waals surface area contributed by atoms with Crippen molar-refractivity contribution in [2.75, 3.05) is 19.7 Å². The molecule has 1 amide bonds. The van der Waals surface area contributed by atoms with Crippen molar-refractivity contribution in [1.82, 2.24) is 10.4 Å². The van der Waals surface area contributed by atoms with Gasteiger partial charge in [0.2, 0.25) is 11.7 Å². The number of carbonyl (C=O) groups excluding carboxylic acids is 2. The van der Waals surface area contributed by atoms with Crippen LogP contribution in [0.15, 0.2) is 12.1 Å². The van der Waals surface area contributed by atoms with Gasteiger partial charge in [-0.25, -0.2) is 5.01 Å². The highest BCUT2D eigenvalue weighted by Crippen LogP contribution is 2.37. The fraction of sp³-hybridized carbons (Fsp3) is 0.579. The molecule has 0 bridgehead atoms. The Morgan fingerprint density at radius 1 is 1.21 bits per heavy atom. The number of nitrogens with one attached hydrogen (secondary N) is 1. The van der Waals surface area contributed by atoms with Gasteiger partial charge in [-0.2, -0.15) is 0 Å². The Morgan fingerprint density at radius 3 is 2.61 bits per heavy atom. The lowest BCUT2D eigenvalue weighted by atomic mass is 10.1. The lowest BCUT2D eigenvalue weighted by molar-refractivity contribution is -0.386. The summed E-state index contributed by atoms with van der Waals surface area (Å²) < 4.78 is 5.48. The molecule has 1 aliphatic rings. The maximum absolute atomic E-state index is 11.9. The van der Waals surface area contributed by atoms with Crippen LogP contribution >= 0.6 is 11.6 Å². The van der Waals surface area contributed by atoms with Crippen molar-refractivity contribution in [3.8, 4) is 5.75 Å². The number of benzene rings is 1. The van der Waals surface area contributed by atoms with Gasteiger partial charge < -0.3 is 4.74 Å². The number of halogens is 1. The van der Waals surface area contributed by atoms with Crippen molar-refractivity contribution in [1.29, 1.82) is 0 Å². The number of rotatable bonds is 11. The molecule has 1 aromatic carbocycles. The number of amides is 1. The van der Waals surface area contributed by atoms with Crippen LogP contribution in [0.5, 0.6) is 5.75 Å². The van der Waals surface area contributed by atoms with Crippen LogP contribution in [0.2, 0.25) is 5.02 Å². The summed E-state index contributed by atoms with van der Waals surface area (Å²) in [5, 5.41) is 13.3. The first-order chi connectivity index (χ1) is 13.5. The van der Waals surface area contributed by atoms with E-state index in [4.69, 9.17) is 16.3 Å². The molecule has 28 heavy (non-hydrogen) atoms. The van der Waals surface area contributed by atoms with Crippen molar-refractivity contribution in [3.05, 3.63) is 32.8 Å². The monoisotopic (exact) mass is 411 g/mol. The molecule has 1 aromatic rings. The SMILES string of the molecule is O=Cc1ccc(Cl)c(OCCCCCCC(=O)NN2CCCCC2)c1[N+](=O)[O-]. The lowest BCUT2D eigenvalue weighted by Gasteiger charge is -2.26. The predicted octanol–water partition coefficient (Wildman–Crippen LogP) is 3.91. The number of aldehydes is 1. The van der Waals surface area contributed by atoms with Gasteiger partial charge in [0.25, 0.3) is 0 Å². The summed E-state index contributed by atoms with van der Waals surface area (Å²) in [6, 6.07) is 2.71. The van der Waals surface area contributed by atoms with Crippen LogP contribution in [0.25, 0.3) is 0 Å². The number of nitro benzene ring substituents is 1. The second kappa shape index (κ2) is 11.6. The number of unbranched alkanes of at least 4 members (excludes halogenated alkanes) is 3. The second-order valence-electron chi connectivity index (χ2n) is 6.78. The van der Waals surface area contributed by atoms with E-state index in [0.717, 1.165) is 45.2 Å². The first-order valence-electron chi connectivity index (χ1n) is 9.62. The van der Waals surface area contributed by atoms with Crippen LogP contribution in [0.3, 0.4) is 0 Å². The Kier molecular flexibility index (Phi) is 9.16. The van der Waals surface area contributed by atoms with Crippen LogP contribution < -0.4 is 10.2 Å². The molecular weight excluding hydrogens is 386 g/mol. The van der Waals surface area contributed by atoms with Crippen molar-refractivity contribution < 1.29 is 19.2 Å². The number of nitrogens with zero attached hydrogens (tertiary/aromatic N) is 2. The molecule has 1 heterocycles. The normalized spacial score (nSPS) is 14.5. The molecule has 2 rings (SSSR count). The van der Waals surface area contributed by atoms with E-state index in [9.17, 15) is 19.7 Å². The van der Waals surface area contributed by atoms with E-state index in [-0.39, 0.29) is 28.8 Å². The summed E-state index contributed by atoms with van der Waals surface area (Å²) in [6.07, 6.45) is 7.51. The fourth-order valence-corrected chi connectivity index (χ4v) is 3.34. The van der Waals surface area contributed by atoms with Crippen LogP contribution in [0, 0.1) is 10.1 Å². The fourth-order valence-electron chi connectivity index (χ4n) is 3.14. The van der Waals surface area contributed by atoms with Crippen LogP contribution in [0.4, 0.5) is 5.69 Å². The molecule has 0 radical (unpaired) electrons. The minimum atomic E-state index is -0.661. The van der Waals surface area contributed by atoms with E-state index < -0.39 is 10.6 Å². The molecular formula is C19H26ClN3O5. The Balaban J connectivity index is 1.66. The van der Waals surface area contributed by atoms with Gasteiger partial charge in [-0.3, -0.25) is 25.1 Å². The molecule has 0 atom stereocenters. The van der Waals surface area contributed by atoms with Crippen LogP contribution in [-0.4, -0.2) is 41.8 Å². The highest BCUT2D eigenvalue weighted by atomic mass is 35.5. The Morgan fingerprint density at radius 2 is 1.93 bits per heavy atom. The van der Waals surface area contributed by atoms with Crippen molar-refractivity contribution in [2.24, 2.45) is 0 Å². The van der Waals surface area contributed by atoms with E-state index in [1.54, 1.807) is 0 Å². The second-order valence-corrected chi connectivity index (χ2v) is 7.19. The highest BCUT2D eigenvalue weighted by molar-refractivity contribution is 6.32. The quantitative estimate of drug-likeness (QED) is 0.256. The molecule has 0 unspecified atom stereocenters. The molecule has 1 N–H and O–H groups in total. The van der Waals surface area contributed by atoms with Crippen molar-refractivity contribution in [2.45, 2.75) is 51.4 Å². The molecule has 8 nitrogen and oxygen atoms in total. The van der Waals surface area contributed by atoms with Gasteiger partial charge in [0.05, 0.1) is 22.1 Å². The predicted molar refractivity (Wildman–Crippen MR) is 106 cm³/mol. The van der Waals surface area contributed by atoms with E-state index in [2.05, 4.69) is 5.43 Å². The third-order valence-electron chi connectivity index (χ3n) is 4.61. The standard InChI is InChI=1S/C19H26ClN3O5/c20-16-10-9-15(14-24)18(23(26)27)19(16)28-13-7-2-1-4-8-17(25)21-22-11-5-3-6-12-22/h9-10,14H,1-8,11-13H2,(H,21,25). The number of hydrogen-bond acceptors (Lipinski definition) is 6. The Labute approximate surface area is 169 Å². The van der Waals surface area contributed by atoms with Gasteiger partial charge in [0.1, 0.15) is 0 Å². The molecule has 154 valence electrons. The van der Waals surface area contributed by atoms with E-state index in [0.29, 0.717) is 19.1 Å². The van der Waals surface area contributed by atoms with E-state index in [1.807, 2.05) is 5.01 Å². The first kappa shape index (κ1) is 22.1. The van der Waals surface area contributed by atoms with E-state index in [1.165, 1.54) is 18.6 Å². The zero-order chi connectivity index (χ0) is 20.4. The molecule has 0 saturated carbocycles. The van der Waals surface area contributed by atoms with Gasteiger partial charge in [0.15, 0.2) is 6.29 Å². The summed E-state index contributed by atoms with van der Waals surface area (Å²) in [4.78, 5) is 33.4. The molecule has 1 aliphatic heterocycles. The van der Waals surface area contributed by atoms with Crippen molar-refractivity contribution in [3.63, 3.8) is 0 Å². The lowest BCUT2D eigenvalue weighted by Crippen LogP contribution is -2.44. The summed E-state index contributed by atoms with van der Waals surface area (Å²) in [7, 11) is 0. The third kappa shape index (κ3) is 6.76. The van der Waals surface area contributed by atoms with Gasteiger partial charge in [-0.15, -0.1) is 0 Å².